The first kappa shape index (κ1) is 12.7. The van der Waals surface area contributed by atoms with Crippen molar-refractivity contribution in [2.75, 3.05) is 31.3 Å². The highest BCUT2D eigenvalue weighted by Gasteiger charge is 2.32. The fourth-order valence-electron chi connectivity index (χ4n) is 2.94. The molecule has 2 heterocycles. The number of ether oxygens (including phenoxy) is 1. The Morgan fingerprint density at radius 3 is 2.69 bits per heavy atom. The predicted molar refractivity (Wildman–Crippen MR) is 71.1 cm³/mol. The van der Waals surface area contributed by atoms with Crippen LogP contribution in [0.1, 0.15) is 32.6 Å². The van der Waals surface area contributed by atoms with E-state index in [2.05, 4.69) is 24.0 Å². The van der Waals surface area contributed by atoms with Gasteiger partial charge in [0.2, 0.25) is 0 Å². The van der Waals surface area contributed by atoms with Gasteiger partial charge in [-0.3, -0.25) is 0 Å². The van der Waals surface area contributed by atoms with Crippen molar-refractivity contribution in [2.45, 2.75) is 38.6 Å². The molecule has 2 unspecified atom stereocenters. The van der Waals surface area contributed by atoms with Crippen LogP contribution in [0, 0.1) is 11.8 Å². The van der Waals surface area contributed by atoms with Gasteiger partial charge in [-0.25, -0.2) is 0 Å². The summed E-state index contributed by atoms with van der Waals surface area (Å²) in [4.78, 5) is 0. The zero-order valence-electron chi connectivity index (χ0n) is 10.4. The molecule has 2 atom stereocenters. The van der Waals surface area contributed by atoms with Crippen LogP contribution in [0.2, 0.25) is 0 Å². The van der Waals surface area contributed by atoms with Gasteiger partial charge in [-0.05, 0) is 55.6 Å². The molecule has 3 heteroatoms. The molecule has 94 valence electrons. The Balaban J connectivity index is 1.89. The summed E-state index contributed by atoms with van der Waals surface area (Å²) in [6, 6.07) is 0.763. The van der Waals surface area contributed by atoms with Gasteiger partial charge < -0.3 is 10.1 Å². The molecule has 0 spiro atoms. The van der Waals surface area contributed by atoms with E-state index in [1.54, 1.807) is 0 Å². The Morgan fingerprint density at radius 2 is 2.06 bits per heavy atom. The molecule has 16 heavy (non-hydrogen) atoms. The average Bonchev–Trinajstić information content (AvgIpc) is 2.85. The highest BCUT2D eigenvalue weighted by atomic mass is 32.2. The topological polar surface area (TPSA) is 21.3 Å². The fraction of sp³-hybridized carbons (Fsp3) is 1.00. The van der Waals surface area contributed by atoms with Crippen LogP contribution in [-0.2, 0) is 4.74 Å². The lowest BCUT2D eigenvalue weighted by Crippen LogP contribution is -2.44. The van der Waals surface area contributed by atoms with E-state index >= 15 is 0 Å². The van der Waals surface area contributed by atoms with Crippen LogP contribution in [-0.4, -0.2) is 37.3 Å². The van der Waals surface area contributed by atoms with Gasteiger partial charge in [0.25, 0.3) is 0 Å². The quantitative estimate of drug-likeness (QED) is 0.802. The number of hydrogen-bond donors (Lipinski definition) is 1. The Kier molecular flexibility index (Phi) is 5.46. The summed E-state index contributed by atoms with van der Waals surface area (Å²) in [5.74, 6) is 4.53. The standard InChI is InChI=1S/C13H25NOS/c1-2-6-14-13(12-5-9-16-10-12)11-3-7-15-8-4-11/h11-14H,2-10H2,1H3. The smallest absolute Gasteiger partial charge is 0.0469 e. The Hall–Kier alpha value is 0.270. The first-order chi connectivity index (χ1) is 7.92. The molecule has 0 aromatic rings. The van der Waals surface area contributed by atoms with E-state index in [1.165, 1.54) is 43.7 Å². The second-order valence-electron chi connectivity index (χ2n) is 5.05. The van der Waals surface area contributed by atoms with Crippen molar-refractivity contribution in [1.82, 2.24) is 5.32 Å². The monoisotopic (exact) mass is 243 g/mol. The molecule has 2 aliphatic heterocycles. The molecule has 0 saturated carbocycles. The minimum Gasteiger partial charge on any atom is -0.381 e. The van der Waals surface area contributed by atoms with Gasteiger partial charge >= 0.3 is 0 Å². The maximum Gasteiger partial charge on any atom is 0.0469 e. The van der Waals surface area contributed by atoms with Crippen LogP contribution in [0.25, 0.3) is 0 Å². The summed E-state index contributed by atoms with van der Waals surface area (Å²) in [5, 5.41) is 3.81. The minimum absolute atomic E-state index is 0.763. The normalized spacial score (nSPS) is 29.4. The van der Waals surface area contributed by atoms with E-state index in [4.69, 9.17) is 4.74 Å². The van der Waals surface area contributed by atoms with Crippen LogP contribution in [0.15, 0.2) is 0 Å². The maximum atomic E-state index is 5.48. The summed E-state index contributed by atoms with van der Waals surface area (Å²) >= 11 is 2.14. The fourth-order valence-corrected chi connectivity index (χ4v) is 4.25. The van der Waals surface area contributed by atoms with E-state index < -0.39 is 0 Å². The molecule has 0 aromatic carbocycles. The van der Waals surface area contributed by atoms with Crippen molar-refractivity contribution in [3.63, 3.8) is 0 Å². The molecule has 2 fully saturated rings. The van der Waals surface area contributed by atoms with Crippen LogP contribution in [0.4, 0.5) is 0 Å². The van der Waals surface area contributed by atoms with Gasteiger partial charge in [-0.2, -0.15) is 11.8 Å². The first-order valence-electron chi connectivity index (χ1n) is 6.80. The summed E-state index contributed by atoms with van der Waals surface area (Å²) in [6.07, 6.45) is 5.20. The van der Waals surface area contributed by atoms with Gasteiger partial charge in [-0.1, -0.05) is 6.92 Å². The molecule has 0 radical (unpaired) electrons. The largest absolute Gasteiger partial charge is 0.381 e. The molecular formula is C13H25NOS. The SMILES string of the molecule is CCCNC(C1CCOCC1)C1CCSC1. The average molecular weight is 243 g/mol. The lowest BCUT2D eigenvalue weighted by Gasteiger charge is -2.34. The van der Waals surface area contributed by atoms with E-state index in [-0.39, 0.29) is 0 Å². The van der Waals surface area contributed by atoms with Gasteiger partial charge in [-0.15, -0.1) is 0 Å². The second kappa shape index (κ2) is 6.87. The number of thioether (sulfide) groups is 1. The zero-order chi connectivity index (χ0) is 11.2. The Bertz CT molecular complexity index is 188. The lowest BCUT2D eigenvalue weighted by molar-refractivity contribution is 0.0463. The molecule has 0 bridgehead atoms. The molecule has 2 aliphatic rings. The van der Waals surface area contributed by atoms with Crippen molar-refractivity contribution in [3.05, 3.63) is 0 Å². The number of rotatable bonds is 5. The van der Waals surface area contributed by atoms with Crippen LogP contribution in [0.3, 0.4) is 0 Å². The molecule has 1 N–H and O–H groups in total. The highest BCUT2D eigenvalue weighted by Crippen LogP contribution is 2.32. The summed E-state index contributed by atoms with van der Waals surface area (Å²) in [5.41, 5.74) is 0. The number of nitrogens with one attached hydrogen (secondary N) is 1. The van der Waals surface area contributed by atoms with E-state index in [0.29, 0.717) is 0 Å². The van der Waals surface area contributed by atoms with Gasteiger partial charge in [0.05, 0.1) is 0 Å². The molecular weight excluding hydrogens is 218 g/mol. The van der Waals surface area contributed by atoms with E-state index in [0.717, 1.165) is 31.1 Å². The summed E-state index contributed by atoms with van der Waals surface area (Å²) in [7, 11) is 0. The molecule has 0 amide bonds. The van der Waals surface area contributed by atoms with Crippen LogP contribution in [0.5, 0.6) is 0 Å². The highest BCUT2D eigenvalue weighted by molar-refractivity contribution is 7.99. The van der Waals surface area contributed by atoms with E-state index in [1.807, 2.05) is 0 Å². The summed E-state index contributed by atoms with van der Waals surface area (Å²) in [6.45, 7) is 5.41. The van der Waals surface area contributed by atoms with Crippen LogP contribution < -0.4 is 5.32 Å². The van der Waals surface area contributed by atoms with Crippen molar-refractivity contribution in [2.24, 2.45) is 11.8 Å². The lowest BCUT2D eigenvalue weighted by atomic mass is 9.83. The van der Waals surface area contributed by atoms with Gasteiger partial charge in [0.1, 0.15) is 0 Å². The molecule has 2 saturated heterocycles. The van der Waals surface area contributed by atoms with Crippen molar-refractivity contribution >= 4 is 11.8 Å². The van der Waals surface area contributed by atoms with Crippen molar-refractivity contribution < 1.29 is 4.74 Å². The molecule has 2 rings (SSSR count). The second-order valence-corrected chi connectivity index (χ2v) is 6.20. The van der Waals surface area contributed by atoms with Crippen LogP contribution >= 0.6 is 11.8 Å². The van der Waals surface area contributed by atoms with E-state index in [9.17, 15) is 0 Å². The maximum absolute atomic E-state index is 5.48. The Labute approximate surface area is 104 Å². The summed E-state index contributed by atoms with van der Waals surface area (Å²) < 4.78 is 5.48. The van der Waals surface area contributed by atoms with Crippen molar-refractivity contribution in [3.8, 4) is 0 Å². The zero-order valence-corrected chi connectivity index (χ0v) is 11.2. The third-order valence-corrected chi connectivity index (χ3v) is 5.06. The minimum atomic E-state index is 0.763. The Morgan fingerprint density at radius 1 is 1.25 bits per heavy atom. The molecule has 0 aliphatic carbocycles. The van der Waals surface area contributed by atoms with Gasteiger partial charge in [0, 0.05) is 19.3 Å². The third-order valence-electron chi connectivity index (χ3n) is 3.88. The molecule has 0 aromatic heterocycles. The predicted octanol–water partition coefficient (Wildman–Crippen LogP) is 2.53. The number of hydrogen-bond acceptors (Lipinski definition) is 3. The van der Waals surface area contributed by atoms with Gasteiger partial charge in [0.15, 0.2) is 0 Å². The molecule has 2 nitrogen and oxygen atoms in total. The third kappa shape index (κ3) is 3.38. The van der Waals surface area contributed by atoms with Crippen molar-refractivity contribution in [1.29, 1.82) is 0 Å². The first-order valence-corrected chi connectivity index (χ1v) is 7.96.